The topological polar surface area (TPSA) is 38.3 Å². The molecular formula is C11H17NO2. The van der Waals surface area contributed by atoms with Crippen molar-refractivity contribution >= 4 is 5.91 Å². The Kier molecular flexibility index (Phi) is 5.09. The second-order valence-electron chi connectivity index (χ2n) is 3.46. The maximum absolute atomic E-state index is 11.4. The van der Waals surface area contributed by atoms with Crippen LogP contribution in [0.2, 0.25) is 0 Å². The number of rotatable bonds is 3. The van der Waals surface area contributed by atoms with Crippen LogP contribution in [0, 0.1) is 17.8 Å². The number of carbonyl (C=O) groups is 1. The number of ether oxygens (including phenoxy) is 1. The Morgan fingerprint density at radius 1 is 1.50 bits per heavy atom. The van der Waals surface area contributed by atoms with Gasteiger partial charge < -0.3 is 10.1 Å². The lowest BCUT2D eigenvalue weighted by molar-refractivity contribution is -0.122. The van der Waals surface area contributed by atoms with E-state index in [9.17, 15) is 4.79 Å². The zero-order valence-electron chi connectivity index (χ0n) is 8.64. The number of nitrogens with one attached hydrogen (secondary N) is 1. The van der Waals surface area contributed by atoms with Crippen LogP contribution in [0.5, 0.6) is 0 Å². The lowest BCUT2D eigenvalue weighted by Gasteiger charge is -2.21. The number of hydrogen-bond donors (Lipinski definition) is 1. The van der Waals surface area contributed by atoms with Crippen molar-refractivity contribution in [3.63, 3.8) is 0 Å². The first-order valence-electron chi connectivity index (χ1n) is 5.07. The number of carbonyl (C=O) groups excluding carboxylic acids is 1. The lowest BCUT2D eigenvalue weighted by atomic mass is 9.96. The van der Waals surface area contributed by atoms with Gasteiger partial charge in [0.25, 0.3) is 0 Å². The van der Waals surface area contributed by atoms with Crippen molar-refractivity contribution in [3.8, 4) is 11.8 Å². The van der Waals surface area contributed by atoms with Crippen LogP contribution in [0.3, 0.4) is 0 Å². The first-order valence-corrected chi connectivity index (χ1v) is 5.07. The third-order valence-corrected chi connectivity index (χ3v) is 2.37. The quantitative estimate of drug-likeness (QED) is 0.681. The molecule has 0 saturated carbocycles. The van der Waals surface area contributed by atoms with Gasteiger partial charge in [-0.05, 0) is 25.7 Å². The lowest BCUT2D eigenvalue weighted by Crippen LogP contribution is -2.28. The fourth-order valence-electron chi connectivity index (χ4n) is 1.52. The molecule has 1 saturated heterocycles. The van der Waals surface area contributed by atoms with Gasteiger partial charge in [0, 0.05) is 19.6 Å². The molecule has 1 amide bonds. The second-order valence-corrected chi connectivity index (χ2v) is 3.46. The van der Waals surface area contributed by atoms with Gasteiger partial charge in [0.1, 0.15) is 0 Å². The summed E-state index contributed by atoms with van der Waals surface area (Å²) in [6.07, 6.45) is 2.63. The summed E-state index contributed by atoms with van der Waals surface area (Å²) < 4.78 is 5.23. The highest BCUT2D eigenvalue weighted by molar-refractivity contribution is 5.76. The molecule has 0 aromatic rings. The highest BCUT2D eigenvalue weighted by atomic mass is 16.5. The van der Waals surface area contributed by atoms with E-state index in [0.29, 0.717) is 18.9 Å². The zero-order chi connectivity index (χ0) is 10.2. The SMILES string of the molecule is CC#CCNC(=O)CC1CCOCC1. The van der Waals surface area contributed by atoms with Crippen LogP contribution in [-0.4, -0.2) is 25.7 Å². The molecule has 3 nitrogen and oxygen atoms in total. The fraction of sp³-hybridized carbons (Fsp3) is 0.727. The van der Waals surface area contributed by atoms with Gasteiger partial charge in [-0.25, -0.2) is 0 Å². The normalized spacial score (nSPS) is 16.9. The van der Waals surface area contributed by atoms with Crippen molar-refractivity contribution in [1.29, 1.82) is 0 Å². The van der Waals surface area contributed by atoms with Crippen molar-refractivity contribution in [1.82, 2.24) is 5.32 Å². The second kappa shape index (κ2) is 6.44. The first-order chi connectivity index (χ1) is 6.83. The molecule has 0 bridgehead atoms. The Morgan fingerprint density at radius 2 is 2.21 bits per heavy atom. The predicted octanol–water partition coefficient (Wildman–Crippen LogP) is 0.943. The molecule has 78 valence electrons. The molecule has 1 fully saturated rings. The minimum atomic E-state index is 0.111. The van der Waals surface area contributed by atoms with Crippen molar-refractivity contribution < 1.29 is 9.53 Å². The standard InChI is InChI=1S/C11H17NO2/c1-2-3-6-12-11(13)9-10-4-7-14-8-5-10/h10H,4-9H2,1H3,(H,12,13). The Morgan fingerprint density at radius 3 is 2.86 bits per heavy atom. The Bertz CT molecular complexity index is 233. The average molecular weight is 195 g/mol. The van der Waals surface area contributed by atoms with Gasteiger partial charge in [0.2, 0.25) is 5.91 Å². The molecule has 1 aliphatic heterocycles. The maximum Gasteiger partial charge on any atom is 0.221 e. The van der Waals surface area contributed by atoms with Crippen molar-refractivity contribution in [2.75, 3.05) is 19.8 Å². The summed E-state index contributed by atoms with van der Waals surface area (Å²) in [5.74, 6) is 6.16. The van der Waals surface area contributed by atoms with Gasteiger partial charge in [0.15, 0.2) is 0 Å². The van der Waals surface area contributed by atoms with Crippen LogP contribution < -0.4 is 5.32 Å². The molecule has 0 spiro atoms. The van der Waals surface area contributed by atoms with Crippen LogP contribution in [-0.2, 0) is 9.53 Å². The molecule has 0 unspecified atom stereocenters. The van der Waals surface area contributed by atoms with Crippen molar-refractivity contribution in [2.24, 2.45) is 5.92 Å². The van der Waals surface area contributed by atoms with E-state index in [0.717, 1.165) is 26.1 Å². The van der Waals surface area contributed by atoms with Gasteiger partial charge in [-0.1, -0.05) is 5.92 Å². The molecule has 0 aromatic carbocycles. The van der Waals surface area contributed by atoms with E-state index in [1.165, 1.54) is 0 Å². The van der Waals surface area contributed by atoms with E-state index in [-0.39, 0.29) is 5.91 Å². The van der Waals surface area contributed by atoms with E-state index in [1.807, 2.05) is 0 Å². The fourth-order valence-corrected chi connectivity index (χ4v) is 1.52. The molecule has 14 heavy (non-hydrogen) atoms. The number of hydrogen-bond acceptors (Lipinski definition) is 2. The molecular weight excluding hydrogens is 178 g/mol. The van der Waals surface area contributed by atoms with Gasteiger partial charge >= 0.3 is 0 Å². The van der Waals surface area contributed by atoms with E-state index in [4.69, 9.17) is 4.74 Å². The van der Waals surface area contributed by atoms with Crippen LogP contribution in [0.1, 0.15) is 26.2 Å². The summed E-state index contributed by atoms with van der Waals surface area (Å²) in [7, 11) is 0. The minimum absolute atomic E-state index is 0.111. The summed E-state index contributed by atoms with van der Waals surface area (Å²) in [4.78, 5) is 11.4. The molecule has 3 heteroatoms. The largest absolute Gasteiger partial charge is 0.381 e. The number of amides is 1. The van der Waals surface area contributed by atoms with Gasteiger partial charge in [0.05, 0.1) is 6.54 Å². The van der Waals surface area contributed by atoms with Gasteiger partial charge in [-0.15, -0.1) is 5.92 Å². The van der Waals surface area contributed by atoms with Crippen LogP contribution >= 0.6 is 0 Å². The van der Waals surface area contributed by atoms with E-state index < -0.39 is 0 Å². The summed E-state index contributed by atoms with van der Waals surface area (Å²) in [6.45, 7) is 3.84. The van der Waals surface area contributed by atoms with Gasteiger partial charge in [-0.3, -0.25) is 4.79 Å². The maximum atomic E-state index is 11.4. The monoisotopic (exact) mass is 195 g/mol. The Labute approximate surface area is 85.2 Å². The smallest absolute Gasteiger partial charge is 0.221 e. The molecule has 1 aliphatic rings. The molecule has 0 aromatic heterocycles. The first kappa shape index (κ1) is 11.1. The summed E-state index contributed by atoms with van der Waals surface area (Å²) in [5.41, 5.74) is 0. The summed E-state index contributed by atoms with van der Waals surface area (Å²) in [6, 6.07) is 0. The van der Waals surface area contributed by atoms with Crippen LogP contribution in [0.15, 0.2) is 0 Å². The van der Waals surface area contributed by atoms with Crippen molar-refractivity contribution in [3.05, 3.63) is 0 Å². The minimum Gasteiger partial charge on any atom is -0.381 e. The van der Waals surface area contributed by atoms with E-state index in [1.54, 1.807) is 6.92 Å². The van der Waals surface area contributed by atoms with Crippen LogP contribution in [0.4, 0.5) is 0 Å². The third-order valence-electron chi connectivity index (χ3n) is 2.37. The molecule has 0 radical (unpaired) electrons. The molecule has 1 rings (SSSR count). The molecule has 1 N–H and O–H groups in total. The summed E-state index contributed by atoms with van der Waals surface area (Å²) >= 11 is 0. The summed E-state index contributed by atoms with van der Waals surface area (Å²) in [5, 5.41) is 2.78. The predicted molar refractivity (Wildman–Crippen MR) is 54.6 cm³/mol. The van der Waals surface area contributed by atoms with Crippen molar-refractivity contribution in [2.45, 2.75) is 26.2 Å². The highest BCUT2D eigenvalue weighted by Gasteiger charge is 2.16. The molecule has 0 aliphatic carbocycles. The third kappa shape index (κ3) is 4.29. The van der Waals surface area contributed by atoms with Crippen LogP contribution in [0.25, 0.3) is 0 Å². The highest BCUT2D eigenvalue weighted by Crippen LogP contribution is 2.17. The molecule has 1 heterocycles. The van der Waals surface area contributed by atoms with E-state index >= 15 is 0 Å². The van der Waals surface area contributed by atoms with Gasteiger partial charge in [-0.2, -0.15) is 0 Å². The van der Waals surface area contributed by atoms with E-state index in [2.05, 4.69) is 17.2 Å². The Balaban J connectivity index is 2.14. The Hall–Kier alpha value is -1.01. The molecule has 0 atom stereocenters. The zero-order valence-corrected chi connectivity index (χ0v) is 8.64. The average Bonchev–Trinajstić information content (AvgIpc) is 2.20.